The highest BCUT2D eigenvalue weighted by atomic mass is 35.5. The van der Waals surface area contributed by atoms with Gasteiger partial charge in [0, 0.05) is 42.3 Å². The molecule has 160 valence electrons. The zero-order valence-electron chi connectivity index (χ0n) is 16.2. The van der Waals surface area contributed by atoms with Gasteiger partial charge in [-0.25, -0.2) is 15.0 Å². The smallest absolute Gasteiger partial charge is 0.289 e. The molecule has 1 saturated heterocycles. The molecule has 2 aromatic heterocycles. The van der Waals surface area contributed by atoms with E-state index in [9.17, 15) is 9.59 Å². The van der Waals surface area contributed by atoms with Crippen LogP contribution in [0.15, 0.2) is 42.0 Å². The second-order valence-corrected chi connectivity index (χ2v) is 8.59. The molecular formula is C20H18Cl2N6O2S. The van der Waals surface area contributed by atoms with E-state index >= 15 is 0 Å². The van der Waals surface area contributed by atoms with Gasteiger partial charge in [0.05, 0.1) is 10.0 Å². The summed E-state index contributed by atoms with van der Waals surface area (Å²) in [4.78, 5) is 39.7. The second-order valence-electron chi connectivity index (χ2n) is 6.92. The summed E-state index contributed by atoms with van der Waals surface area (Å²) in [5.41, 5.74) is 5.92. The maximum Gasteiger partial charge on any atom is 0.289 e. The molecule has 1 fully saturated rings. The second kappa shape index (κ2) is 9.59. The summed E-state index contributed by atoms with van der Waals surface area (Å²) in [5, 5.41) is 3.12. The average Bonchev–Trinajstić information content (AvgIpc) is 3.30. The normalized spacial score (nSPS) is 14.3. The third kappa shape index (κ3) is 5.12. The topological polar surface area (TPSA) is 100 Å². The fourth-order valence-electron chi connectivity index (χ4n) is 3.22. The number of anilines is 1. The number of carbonyl (C=O) groups excluding carboxylic acids is 2. The lowest BCUT2D eigenvalue weighted by Gasteiger charge is -2.31. The van der Waals surface area contributed by atoms with Crippen molar-refractivity contribution in [2.45, 2.75) is 12.8 Å². The summed E-state index contributed by atoms with van der Waals surface area (Å²) in [6.07, 6.45) is 4.69. The van der Waals surface area contributed by atoms with Crippen LogP contribution in [0.2, 0.25) is 10.0 Å². The van der Waals surface area contributed by atoms with E-state index in [1.165, 1.54) is 11.3 Å². The Hall–Kier alpha value is -2.75. The molecule has 8 nitrogen and oxygen atoms in total. The van der Waals surface area contributed by atoms with Gasteiger partial charge in [-0.05, 0) is 31.0 Å². The number of hydrogen-bond donors (Lipinski definition) is 2. The Morgan fingerprint density at radius 1 is 1.06 bits per heavy atom. The number of benzene rings is 1. The highest BCUT2D eigenvalue weighted by molar-refractivity contribution is 7.13. The van der Waals surface area contributed by atoms with E-state index in [4.69, 9.17) is 23.2 Å². The predicted molar refractivity (Wildman–Crippen MR) is 120 cm³/mol. The van der Waals surface area contributed by atoms with Crippen LogP contribution in [0.5, 0.6) is 0 Å². The number of carbonyl (C=O) groups is 2. The van der Waals surface area contributed by atoms with E-state index < -0.39 is 5.91 Å². The van der Waals surface area contributed by atoms with Gasteiger partial charge >= 0.3 is 0 Å². The molecule has 0 spiro atoms. The van der Waals surface area contributed by atoms with Crippen LogP contribution in [0.25, 0.3) is 10.6 Å². The van der Waals surface area contributed by atoms with E-state index in [0.29, 0.717) is 46.9 Å². The van der Waals surface area contributed by atoms with Gasteiger partial charge in [-0.3, -0.25) is 20.4 Å². The molecule has 11 heteroatoms. The molecule has 0 atom stereocenters. The van der Waals surface area contributed by atoms with Gasteiger partial charge in [0.2, 0.25) is 11.9 Å². The van der Waals surface area contributed by atoms with Crippen LogP contribution in [0.4, 0.5) is 5.95 Å². The maximum atomic E-state index is 12.5. The summed E-state index contributed by atoms with van der Waals surface area (Å²) in [6, 6.07) is 6.92. The molecule has 2 amide bonds. The Kier molecular flexibility index (Phi) is 6.64. The summed E-state index contributed by atoms with van der Waals surface area (Å²) in [7, 11) is 0. The van der Waals surface area contributed by atoms with Crippen molar-refractivity contribution >= 4 is 52.3 Å². The molecule has 2 N–H and O–H groups in total. The summed E-state index contributed by atoms with van der Waals surface area (Å²) in [6.45, 7) is 1.35. The molecule has 0 saturated carbocycles. The fraction of sp³-hybridized carbons (Fsp3) is 0.250. The largest absolute Gasteiger partial charge is 0.341 e. The van der Waals surface area contributed by atoms with E-state index in [2.05, 4.69) is 25.8 Å². The molecule has 1 aromatic carbocycles. The molecule has 1 aliphatic heterocycles. The Morgan fingerprint density at radius 3 is 2.52 bits per heavy atom. The molecule has 0 radical (unpaired) electrons. The van der Waals surface area contributed by atoms with Crippen LogP contribution in [0.1, 0.15) is 23.3 Å². The SMILES string of the molecule is O=C(NNC(=O)C1CCN(c2ncccn2)CC1)c1csc(-c2ccc(Cl)c(Cl)c2)n1. The molecule has 4 rings (SSSR count). The van der Waals surface area contributed by atoms with Crippen molar-refractivity contribution in [2.24, 2.45) is 5.92 Å². The Balaban J connectivity index is 1.28. The van der Waals surface area contributed by atoms with Gasteiger partial charge in [0.1, 0.15) is 10.7 Å². The number of halogens is 2. The number of hydrazine groups is 1. The van der Waals surface area contributed by atoms with Crippen molar-refractivity contribution < 1.29 is 9.59 Å². The zero-order chi connectivity index (χ0) is 21.8. The molecule has 0 aliphatic carbocycles. The van der Waals surface area contributed by atoms with Crippen molar-refractivity contribution in [2.75, 3.05) is 18.0 Å². The summed E-state index contributed by atoms with van der Waals surface area (Å²) < 4.78 is 0. The summed E-state index contributed by atoms with van der Waals surface area (Å²) in [5.74, 6) is -0.230. The lowest BCUT2D eigenvalue weighted by molar-refractivity contribution is -0.126. The molecule has 3 heterocycles. The van der Waals surface area contributed by atoms with Crippen molar-refractivity contribution in [3.8, 4) is 10.6 Å². The van der Waals surface area contributed by atoms with Gasteiger partial charge in [0.25, 0.3) is 5.91 Å². The average molecular weight is 477 g/mol. The van der Waals surface area contributed by atoms with Gasteiger partial charge < -0.3 is 4.90 Å². The molecule has 1 aliphatic rings. The minimum Gasteiger partial charge on any atom is -0.341 e. The first-order valence-electron chi connectivity index (χ1n) is 9.54. The van der Waals surface area contributed by atoms with E-state index in [1.54, 1.807) is 42.0 Å². The minimum atomic E-state index is -0.481. The number of rotatable bonds is 4. The van der Waals surface area contributed by atoms with Gasteiger partial charge in [-0.15, -0.1) is 11.3 Å². The third-order valence-electron chi connectivity index (χ3n) is 4.90. The van der Waals surface area contributed by atoms with Crippen LogP contribution in [-0.2, 0) is 4.79 Å². The number of piperidine rings is 1. The molecular weight excluding hydrogens is 459 g/mol. The van der Waals surface area contributed by atoms with E-state index in [0.717, 1.165) is 5.56 Å². The predicted octanol–water partition coefficient (Wildman–Crippen LogP) is 3.58. The lowest BCUT2D eigenvalue weighted by Crippen LogP contribution is -2.47. The first-order valence-corrected chi connectivity index (χ1v) is 11.2. The fourth-order valence-corrected chi connectivity index (χ4v) is 4.32. The maximum absolute atomic E-state index is 12.5. The highest BCUT2D eigenvalue weighted by Crippen LogP contribution is 2.30. The molecule has 0 unspecified atom stereocenters. The van der Waals surface area contributed by atoms with E-state index in [-0.39, 0.29) is 17.5 Å². The van der Waals surface area contributed by atoms with E-state index in [1.807, 2.05) is 4.90 Å². The van der Waals surface area contributed by atoms with Gasteiger partial charge in [-0.2, -0.15) is 0 Å². The van der Waals surface area contributed by atoms with Crippen LogP contribution >= 0.6 is 34.5 Å². The first-order chi connectivity index (χ1) is 15.0. The molecule has 0 bridgehead atoms. The van der Waals surface area contributed by atoms with Crippen molar-refractivity contribution in [3.05, 3.63) is 57.8 Å². The number of nitrogens with zero attached hydrogens (tertiary/aromatic N) is 4. The monoisotopic (exact) mass is 476 g/mol. The number of hydrogen-bond acceptors (Lipinski definition) is 7. The lowest BCUT2D eigenvalue weighted by atomic mass is 9.96. The molecule has 31 heavy (non-hydrogen) atoms. The minimum absolute atomic E-state index is 0.192. The number of nitrogens with one attached hydrogen (secondary N) is 2. The van der Waals surface area contributed by atoms with Crippen molar-refractivity contribution in [1.82, 2.24) is 25.8 Å². The number of aromatic nitrogens is 3. The van der Waals surface area contributed by atoms with Crippen molar-refractivity contribution in [3.63, 3.8) is 0 Å². The van der Waals surface area contributed by atoms with Crippen LogP contribution in [-0.4, -0.2) is 39.9 Å². The third-order valence-corrected chi connectivity index (χ3v) is 6.53. The van der Waals surface area contributed by atoms with Crippen LogP contribution < -0.4 is 15.8 Å². The van der Waals surface area contributed by atoms with Crippen LogP contribution in [0, 0.1) is 5.92 Å². The van der Waals surface area contributed by atoms with Gasteiger partial charge in [0.15, 0.2) is 0 Å². The molecule has 3 aromatic rings. The summed E-state index contributed by atoms with van der Waals surface area (Å²) >= 11 is 13.3. The number of amides is 2. The van der Waals surface area contributed by atoms with Crippen LogP contribution in [0.3, 0.4) is 0 Å². The Morgan fingerprint density at radius 2 is 1.81 bits per heavy atom. The zero-order valence-corrected chi connectivity index (χ0v) is 18.5. The quantitative estimate of drug-likeness (QED) is 0.558. The Bertz CT molecular complexity index is 1090. The standard InChI is InChI=1S/C20H18Cl2N6O2S/c21-14-3-2-13(10-15(14)22)19-25-16(11-31-19)18(30)27-26-17(29)12-4-8-28(9-5-12)20-23-6-1-7-24-20/h1-3,6-7,10-12H,4-5,8-9H2,(H,26,29)(H,27,30). The Labute approximate surface area is 192 Å². The van der Waals surface area contributed by atoms with Gasteiger partial charge in [-0.1, -0.05) is 29.3 Å². The first kappa shape index (κ1) is 21.5. The number of thiazole rings is 1. The highest BCUT2D eigenvalue weighted by Gasteiger charge is 2.26. The van der Waals surface area contributed by atoms with Crippen molar-refractivity contribution in [1.29, 1.82) is 0 Å².